The van der Waals surface area contributed by atoms with Gasteiger partial charge in [0.2, 0.25) is 5.91 Å². The van der Waals surface area contributed by atoms with E-state index in [1.165, 1.54) is 0 Å². The van der Waals surface area contributed by atoms with Crippen LogP contribution in [0.1, 0.15) is 25.3 Å². The molecule has 0 radical (unpaired) electrons. The van der Waals surface area contributed by atoms with Crippen molar-refractivity contribution in [2.75, 3.05) is 13.1 Å². The van der Waals surface area contributed by atoms with Gasteiger partial charge in [-0.3, -0.25) is 4.79 Å². The molecule has 2 aromatic rings. The number of hydrogen-bond donors (Lipinski definition) is 0. The van der Waals surface area contributed by atoms with E-state index in [9.17, 15) is 4.79 Å². The van der Waals surface area contributed by atoms with Crippen molar-refractivity contribution < 1.29 is 4.79 Å². The minimum Gasteiger partial charge on any atom is -0.339 e. The Kier molecular flexibility index (Phi) is 4.37. The normalized spacial score (nSPS) is 16.3. The highest BCUT2D eigenvalue weighted by molar-refractivity contribution is 5.91. The summed E-state index contributed by atoms with van der Waals surface area (Å²) in [5, 5.41) is 4.33. The minimum absolute atomic E-state index is 0.0966. The van der Waals surface area contributed by atoms with Crippen molar-refractivity contribution in [2.24, 2.45) is 5.92 Å². The molecular weight excluding hydrogens is 274 g/mol. The Balaban J connectivity index is 1.63. The molecule has 0 saturated carbocycles. The van der Waals surface area contributed by atoms with E-state index in [0.29, 0.717) is 0 Å². The lowest BCUT2D eigenvalue weighted by molar-refractivity contribution is -0.127. The highest BCUT2D eigenvalue weighted by Gasteiger charge is 2.18. The summed E-state index contributed by atoms with van der Waals surface area (Å²) in [6.45, 7) is 3.98. The first-order chi connectivity index (χ1) is 10.7. The lowest BCUT2D eigenvalue weighted by Crippen LogP contribution is -2.36. The Morgan fingerprint density at radius 2 is 1.95 bits per heavy atom. The van der Waals surface area contributed by atoms with E-state index in [2.05, 4.69) is 12.0 Å². The van der Waals surface area contributed by atoms with E-state index in [-0.39, 0.29) is 5.91 Å². The third-order valence-corrected chi connectivity index (χ3v) is 4.14. The van der Waals surface area contributed by atoms with Gasteiger partial charge in [-0.2, -0.15) is 5.10 Å². The number of nitrogens with zero attached hydrogens (tertiary/aromatic N) is 3. The average Bonchev–Trinajstić information content (AvgIpc) is 3.03. The number of benzene rings is 1. The van der Waals surface area contributed by atoms with Crippen molar-refractivity contribution in [1.29, 1.82) is 0 Å². The molecule has 1 amide bonds. The van der Waals surface area contributed by atoms with Gasteiger partial charge in [-0.15, -0.1) is 0 Å². The van der Waals surface area contributed by atoms with Crippen LogP contribution in [0.2, 0.25) is 0 Å². The molecule has 4 nitrogen and oxygen atoms in total. The van der Waals surface area contributed by atoms with Crippen LogP contribution >= 0.6 is 0 Å². The monoisotopic (exact) mass is 295 g/mol. The average molecular weight is 295 g/mol. The fraction of sp³-hybridized carbons (Fsp3) is 0.333. The predicted molar refractivity (Wildman–Crippen MR) is 87.6 cm³/mol. The Morgan fingerprint density at radius 1 is 1.23 bits per heavy atom. The second-order valence-electron chi connectivity index (χ2n) is 5.89. The molecule has 1 aromatic heterocycles. The summed E-state index contributed by atoms with van der Waals surface area (Å²) in [4.78, 5) is 14.1. The van der Waals surface area contributed by atoms with Gasteiger partial charge in [-0.1, -0.05) is 25.1 Å². The van der Waals surface area contributed by atoms with E-state index in [4.69, 9.17) is 0 Å². The zero-order valence-corrected chi connectivity index (χ0v) is 12.9. The molecule has 114 valence electrons. The molecule has 0 aliphatic carbocycles. The first-order valence-corrected chi connectivity index (χ1v) is 7.79. The van der Waals surface area contributed by atoms with Gasteiger partial charge in [0.25, 0.3) is 0 Å². The molecule has 0 N–H and O–H groups in total. The van der Waals surface area contributed by atoms with Crippen molar-refractivity contribution in [1.82, 2.24) is 14.7 Å². The van der Waals surface area contributed by atoms with Crippen molar-refractivity contribution in [2.45, 2.75) is 19.8 Å². The minimum atomic E-state index is 0.0966. The molecule has 1 aromatic carbocycles. The van der Waals surface area contributed by atoms with Crippen LogP contribution < -0.4 is 0 Å². The summed E-state index contributed by atoms with van der Waals surface area (Å²) in [7, 11) is 0. The summed E-state index contributed by atoms with van der Waals surface area (Å²) >= 11 is 0. The van der Waals surface area contributed by atoms with Gasteiger partial charge in [-0.25, -0.2) is 4.68 Å². The van der Waals surface area contributed by atoms with E-state index in [1.54, 1.807) is 12.3 Å². The number of amides is 1. The van der Waals surface area contributed by atoms with E-state index in [0.717, 1.165) is 43.1 Å². The molecule has 1 fully saturated rings. The molecule has 4 heteroatoms. The van der Waals surface area contributed by atoms with Gasteiger partial charge in [0.1, 0.15) is 0 Å². The Labute approximate surface area is 131 Å². The summed E-state index contributed by atoms with van der Waals surface area (Å²) in [6.07, 6.45) is 9.40. The van der Waals surface area contributed by atoms with Crippen LogP contribution in [0.3, 0.4) is 0 Å². The molecule has 0 bridgehead atoms. The SMILES string of the molecule is CC1CCN(C(=O)/C=C/c2cnn(-c3ccccc3)c2)CC1. The quantitative estimate of drug-likeness (QED) is 0.816. The molecule has 22 heavy (non-hydrogen) atoms. The zero-order chi connectivity index (χ0) is 15.4. The van der Waals surface area contributed by atoms with Gasteiger partial charge in [0.05, 0.1) is 11.9 Å². The molecule has 3 rings (SSSR count). The van der Waals surface area contributed by atoms with Crippen LogP contribution in [0.15, 0.2) is 48.8 Å². The summed E-state index contributed by atoms with van der Waals surface area (Å²) in [5.41, 5.74) is 1.95. The van der Waals surface area contributed by atoms with Crippen LogP contribution in [0, 0.1) is 5.92 Å². The van der Waals surface area contributed by atoms with Crippen molar-refractivity contribution >= 4 is 12.0 Å². The second-order valence-corrected chi connectivity index (χ2v) is 5.89. The number of para-hydroxylation sites is 1. The molecule has 0 unspecified atom stereocenters. The Morgan fingerprint density at radius 3 is 2.68 bits per heavy atom. The third-order valence-electron chi connectivity index (χ3n) is 4.14. The number of piperidine rings is 1. The number of likely N-dealkylation sites (tertiary alicyclic amines) is 1. The van der Waals surface area contributed by atoms with Crippen molar-refractivity contribution in [3.63, 3.8) is 0 Å². The maximum atomic E-state index is 12.2. The standard InChI is InChI=1S/C18H21N3O/c1-15-9-11-20(12-10-15)18(22)8-7-16-13-19-21(14-16)17-5-3-2-4-6-17/h2-8,13-15H,9-12H2,1H3/b8-7+. The predicted octanol–water partition coefficient (Wildman–Crippen LogP) is 3.14. The smallest absolute Gasteiger partial charge is 0.246 e. The molecule has 0 atom stereocenters. The van der Waals surface area contributed by atoms with Gasteiger partial charge in [0, 0.05) is 30.9 Å². The molecule has 1 aliphatic heterocycles. The van der Waals surface area contributed by atoms with E-state index in [1.807, 2.05) is 52.2 Å². The molecular formula is C18H21N3O. The zero-order valence-electron chi connectivity index (χ0n) is 12.9. The molecule has 2 heterocycles. The summed E-state index contributed by atoms with van der Waals surface area (Å²) < 4.78 is 1.81. The van der Waals surface area contributed by atoms with Crippen LogP contribution in [-0.2, 0) is 4.79 Å². The highest BCUT2D eigenvalue weighted by Crippen LogP contribution is 2.16. The Hall–Kier alpha value is -2.36. The van der Waals surface area contributed by atoms with Crippen molar-refractivity contribution in [3.8, 4) is 5.69 Å². The van der Waals surface area contributed by atoms with Gasteiger partial charge in [-0.05, 0) is 37.0 Å². The highest BCUT2D eigenvalue weighted by atomic mass is 16.2. The topological polar surface area (TPSA) is 38.1 Å². The number of hydrogen-bond acceptors (Lipinski definition) is 2. The number of rotatable bonds is 3. The molecule has 0 spiro atoms. The van der Waals surface area contributed by atoms with Crippen LogP contribution in [-0.4, -0.2) is 33.7 Å². The Bertz CT molecular complexity index is 652. The molecule has 1 aliphatic rings. The lowest BCUT2D eigenvalue weighted by atomic mass is 9.99. The number of aromatic nitrogens is 2. The van der Waals surface area contributed by atoms with Gasteiger partial charge >= 0.3 is 0 Å². The first kappa shape index (κ1) is 14.6. The fourth-order valence-electron chi connectivity index (χ4n) is 2.65. The summed E-state index contributed by atoms with van der Waals surface area (Å²) in [6, 6.07) is 9.94. The first-order valence-electron chi connectivity index (χ1n) is 7.79. The van der Waals surface area contributed by atoms with Crippen LogP contribution in [0.25, 0.3) is 11.8 Å². The number of carbonyl (C=O) groups excluding carboxylic acids is 1. The second kappa shape index (κ2) is 6.60. The van der Waals surface area contributed by atoms with Gasteiger partial charge < -0.3 is 4.90 Å². The third kappa shape index (κ3) is 3.45. The largest absolute Gasteiger partial charge is 0.339 e. The van der Waals surface area contributed by atoms with E-state index < -0.39 is 0 Å². The number of carbonyl (C=O) groups is 1. The molecule has 1 saturated heterocycles. The van der Waals surface area contributed by atoms with Gasteiger partial charge in [0.15, 0.2) is 0 Å². The maximum absolute atomic E-state index is 12.2. The lowest BCUT2D eigenvalue weighted by Gasteiger charge is -2.29. The maximum Gasteiger partial charge on any atom is 0.246 e. The summed E-state index contributed by atoms with van der Waals surface area (Å²) in [5.74, 6) is 0.830. The van der Waals surface area contributed by atoms with Crippen LogP contribution in [0.5, 0.6) is 0 Å². The van der Waals surface area contributed by atoms with Crippen LogP contribution in [0.4, 0.5) is 0 Å². The van der Waals surface area contributed by atoms with Crippen molar-refractivity contribution in [3.05, 3.63) is 54.4 Å². The fourth-order valence-corrected chi connectivity index (χ4v) is 2.65. The van der Waals surface area contributed by atoms with E-state index >= 15 is 0 Å².